The Bertz CT molecular complexity index is 989. The van der Waals surface area contributed by atoms with E-state index in [1.165, 1.54) is 0 Å². The number of nitrogens with zero attached hydrogens (tertiary/aromatic N) is 1. The predicted octanol–water partition coefficient (Wildman–Crippen LogP) is 5.86. The van der Waals surface area contributed by atoms with Gasteiger partial charge in [-0.05, 0) is 68.0 Å². The highest BCUT2D eigenvalue weighted by atomic mass is 35.5. The molecule has 1 atom stereocenters. The zero-order chi connectivity index (χ0) is 24.0. The van der Waals surface area contributed by atoms with E-state index in [1.54, 1.807) is 17.0 Å². The third-order valence-electron chi connectivity index (χ3n) is 6.33. The van der Waals surface area contributed by atoms with E-state index in [0.717, 1.165) is 42.4 Å². The Labute approximate surface area is 206 Å². The van der Waals surface area contributed by atoms with Gasteiger partial charge in [0.05, 0.1) is 10.0 Å². The van der Waals surface area contributed by atoms with Crippen molar-refractivity contribution >= 4 is 35.0 Å². The SMILES string of the molecule is CC[C@@H](C(=O)NC1CCCC1)N(Cc1ccc(Cl)c(Cl)c1)C(=O)COc1cccc(C)c1C. The summed E-state index contributed by atoms with van der Waals surface area (Å²) in [5, 5.41) is 4.00. The van der Waals surface area contributed by atoms with E-state index in [2.05, 4.69) is 5.32 Å². The summed E-state index contributed by atoms with van der Waals surface area (Å²) < 4.78 is 5.88. The van der Waals surface area contributed by atoms with Crippen LogP contribution in [0.25, 0.3) is 0 Å². The molecule has 5 nitrogen and oxygen atoms in total. The van der Waals surface area contributed by atoms with Gasteiger partial charge in [0.1, 0.15) is 11.8 Å². The molecule has 178 valence electrons. The Kier molecular flexibility index (Phi) is 9.04. The van der Waals surface area contributed by atoms with Crippen LogP contribution in [0, 0.1) is 13.8 Å². The van der Waals surface area contributed by atoms with Crippen molar-refractivity contribution in [3.05, 3.63) is 63.1 Å². The normalized spacial score (nSPS) is 14.7. The lowest BCUT2D eigenvalue weighted by molar-refractivity contribution is -0.143. The van der Waals surface area contributed by atoms with E-state index in [4.69, 9.17) is 27.9 Å². The molecule has 0 heterocycles. The van der Waals surface area contributed by atoms with E-state index in [9.17, 15) is 9.59 Å². The highest BCUT2D eigenvalue weighted by Crippen LogP contribution is 2.25. The summed E-state index contributed by atoms with van der Waals surface area (Å²) in [6, 6.07) is 10.6. The molecule has 33 heavy (non-hydrogen) atoms. The van der Waals surface area contributed by atoms with Crippen molar-refractivity contribution in [1.29, 1.82) is 0 Å². The first-order valence-corrected chi connectivity index (χ1v) is 12.3. The van der Waals surface area contributed by atoms with Gasteiger partial charge in [-0.2, -0.15) is 0 Å². The summed E-state index contributed by atoms with van der Waals surface area (Å²) in [4.78, 5) is 28.1. The van der Waals surface area contributed by atoms with Crippen molar-refractivity contribution in [3.8, 4) is 5.75 Å². The maximum absolute atomic E-state index is 13.4. The molecule has 1 fully saturated rings. The molecule has 0 aromatic heterocycles. The van der Waals surface area contributed by atoms with Crippen LogP contribution < -0.4 is 10.1 Å². The third-order valence-corrected chi connectivity index (χ3v) is 7.07. The lowest BCUT2D eigenvalue weighted by atomic mass is 10.1. The van der Waals surface area contributed by atoms with Gasteiger partial charge in [0.15, 0.2) is 6.61 Å². The first-order valence-electron chi connectivity index (χ1n) is 11.5. The Morgan fingerprint density at radius 1 is 1.12 bits per heavy atom. The van der Waals surface area contributed by atoms with Crippen LogP contribution in [0.3, 0.4) is 0 Å². The Hall–Kier alpha value is -2.24. The summed E-state index contributed by atoms with van der Waals surface area (Å²) in [5.41, 5.74) is 2.89. The fraction of sp³-hybridized carbons (Fsp3) is 0.462. The summed E-state index contributed by atoms with van der Waals surface area (Å²) in [7, 11) is 0. The number of halogens is 2. The minimum atomic E-state index is -0.602. The highest BCUT2D eigenvalue weighted by molar-refractivity contribution is 6.42. The molecule has 3 rings (SSSR count). The number of hydrogen-bond donors (Lipinski definition) is 1. The molecule has 0 saturated heterocycles. The van der Waals surface area contributed by atoms with Crippen molar-refractivity contribution < 1.29 is 14.3 Å². The molecular weight excluding hydrogens is 459 g/mol. The Balaban J connectivity index is 1.80. The highest BCUT2D eigenvalue weighted by Gasteiger charge is 2.31. The largest absolute Gasteiger partial charge is 0.483 e. The molecule has 1 N–H and O–H groups in total. The molecule has 0 radical (unpaired) electrons. The lowest BCUT2D eigenvalue weighted by Gasteiger charge is -2.31. The number of aryl methyl sites for hydroxylation is 1. The van der Waals surface area contributed by atoms with Crippen molar-refractivity contribution in [2.75, 3.05) is 6.61 Å². The van der Waals surface area contributed by atoms with E-state index in [0.29, 0.717) is 22.2 Å². The summed E-state index contributed by atoms with van der Waals surface area (Å²) in [6.07, 6.45) is 4.71. The molecule has 2 aromatic carbocycles. The number of carbonyl (C=O) groups is 2. The van der Waals surface area contributed by atoms with Crippen LogP contribution in [0.5, 0.6) is 5.75 Å². The summed E-state index contributed by atoms with van der Waals surface area (Å²) >= 11 is 12.3. The molecule has 0 aliphatic heterocycles. The van der Waals surface area contributed by atoms with Gasteiger partial charge in [0, 0.05) is 12.6 Å². The van der Waals surface area contributed by atoms with Gasteiger partial charge in [-0.25, -0.2) is 0 Å². The van der Waals surface area contributed by atoms with E-state index >= 15 is 0 Å². The zero-order valence-corrected chi connectivity index (χ0v) is 21.0. The molecule has 1 saturated carbocycles. The fourth-order valence-corrected chi connectivity index (χ4v) is 4.55. The second-order valence-electron chi connectivity index (χ2n) is 8.67. The second kappa shape index (κ2) is 11.8. The molecule has 2 aromatic rings. The smallest absolute Gasteiger partial charge is 0.261 e. The van der Waals surface area contributed by atoms with Crippen molar-refractivity contribution in [2.45, 2.75) is 71.5 Å². The standard InChI is InChI=1S/C26H32Cl2N2O3/c1-4-23(26(32)29-20-9-5-6-10-20)30(15-19-12-13-21(27)22(28)14-19)25(31)16-33-24-11-7-8-17(2)18(24)3/h7-8,11-14,20,23H,4-6,9-10,15-16H2,1-3H3,(H,29,32)/t23-/m0/s1. The minimum Gasteiger partial charge on any atom is -0.483 e. The van der Waals surface area contributed by atoms with Crippen LogP contribution in [0.15, 0.2) is 36.4 Å². The average molecular weight is 491 g/mol. The minimum absolute atomic E-state index is 0.121. The number of nitrogens with one attached hydrogen (secondary N) is 1. The number of rotatable bonds is 9. The van der Waals surface area contributed by atoms with Gasteiger partial charge in [-0.3, -0.25) is 9.59 Å². The van der Waals surface area contributed by atoms with Gasteiger partial charge >= 0.3 is 0 Å². The zero-order valence-electron chi connectivity index (χ0n) is 19.5. The van der Waals surface area contributed by atoms with Crippen LogP contribution in [0.4, 0.5) is 0 Å². The number of ether oxygens (including phenoxy) is 1. The molecule has 7 heteroatoms. The predicted molar refractivity (Wildman–Crippen MR) is 133 cm³/mol. The molecule has 2 amide bonds. The van der Waals surface area contributed by atoms with Crippen LogP contribution in [0.1, 0.15) is 55.7 Å². The topological polar surface area (TPSA) is 58.6 Å². The Morgan fingerprint density at radius 3 is 2.52 bits per heavy atom. The molecule has 1 aliphatic carbocycles. The van der Waals surface area contributed by atoms with E-state index in [-0.39, 0.29) is 31.0 Å². The van der Waals surface area contributed by atoms with Gasteiger partial charge in [-0.1, -0.05) is 61.2 Å². The molecule has 0 spiro atoms. The van der Waals surface area contributed by atoms with Gasteiger partial charge < -0.3 is 15.0 Å². The number of benzene rings is 2. The number of hydrogen-bond acceptors (Lipinski definition) is 3. The van der Waals surface area contributed by atoms with Crippen molar-refractivity contribution in [1.82, 2.24) is 10.2 Å². The number of carbonyl (C=O) groups excluding carboxylic acids is 2. The van der Waals surface area contributed by atoms with E-state index in [1.807, 2.05) is 45.0 Å². The maximum Gasteiger partial charge on any atom is 0.261 e. The maximum atomic E-state index is 13.4. The van der Waals surface area contributed by atoms with Crippen molar-refractivity contribution in [3.63, 3.8) is 0 Å². The van der Waals surface area contributed by atoms with Crippen LogP contribution in [-0.4, -0.2) is 35.4 Å². The molecule has 0 bridgehead atoms. The van der Waals surface area contributed by atoms with Crippen LogP contribution in [0.2, 0.25) is 10.0 Å². The monoisotopic (exact) mass is 490 g/mol. The van der Waals surface area contributed by atoms with Gasteiger partial charge in [0.2, 0.25) is 5.91 Å². The summed E-state index contributed by atoms with van der Waals surface area (Å²) in [6.45, 7) is 5.97. The number of amides is 2. The molecule has 0 unspecified atom stereocenters. The second-order valence-corrected chi connectivity index (χ2v) is 9.49. The van der Waals surface area contributed by atoms with E-state index < -0.39 is 6.04 Å². The average Bonchev–Trinajstić information content (AvgIpc) is 3.30. The molecule has 1 aliphatic rings. The summed E-state index contributed by atoms with van der Waals surface area (Å²) in [5.74, 6) is 0.293. The molecular formula is C26H32Cl2N2O3. The lowest BCUT2D eigenvalue weighted by Crippen LogP contribution is -2.52. The van der Waals surface area contributed by atoms with Gasteiger partial charge in [-0.15, -0.1) is 0 Å². The fourth-order valence-electron chi connectivity index (χ4n) is 4.22. The Morgan fingerprint density at radius 2 is 1.85 bits per heavy atom. The first kappa shape index (κ1) is 25.4. The van der Waals surface area contributed by atoms with Crippen LogP contribution >= 0.6 is 23.2 Å². The first-order chi connectivity index (χ1) is 15.8. The van der Waals surface area contributed by atoms with Gasteiger partial charge in [0.25, 0.3) is 5.91 Å². The van der Waals surface area contributed by atoms with Crippen molar-refractivity contribution in [2.24, 2.45) is 0 Å². The quantitative estimate of drug-likeness (QED) is 0.479. The third kappa shape index (κ3) is 6.64. The van der Waals surface area contributed by atoms with Crippen LogP contribution in [-0.2, 0) is 16.1 Å².